The summed E-state index contributed by atoms with van der Waals surface area (Å²) < 4.78 is 0. The number of H-pyrrole nitrogens is 1. The number of aryl methyl sites for hydroxylation is 1. The van der Waals surface area contributed by atoms with Gasteiger partial charge in [-0.3, -0.25) is 9.59 Å². The van der Waals surface area contributed by atoms with E-state index in [0.717, 1.165) is 15.3 Å². The second-order valence-electron chi connectivity index (χ2n) is 4.94. The van der Waals surface area contributed by atoms with Gasteiger partial charge in [0.25, 0.3) is 5.91 Å². The number of pyridine rings is 1. The number of aromatic nitrogens is 1. The Kier molecular flexibility index (Phi) is 6.17. The second-order valence-corrected chi connectivity index (χ2v) is 6.63. The molecule has 0 aliphatic heterocycles. The number of hydrogen-bond acceptors (Lipinski definition) is 3. The molecule has 1 amide bonds. The molecule has 3 rings (SSSR count). The molecular weight excluding hydrogens is 344 g/mol. The zero-order valence-electron chi connectivity index (χ0n) is 13.8. The van der Waals surface area contributed by atoms with Gasteiger partial charge in [-0.2, -0.15) is 0 Å². The van der Waals surface area contributed by atoms with Crippen molar-refractivity contribution in [3.8, 4) is 0 Å². The first-order valence-corrected chi connectivity index (χ1v) is 8.88. The molecule has 0 saturated heterocycles. The van der Waals surface area contributed by atoms with Crippen LogP contribution in [-0.4, -0.2) is 10.9 Å². The highest BCUT2D eigenvalue weighted by atomic mass is 35.5. The number of aromatic amines is 1. The Morgan fingerprint density at radius 1 is 1.25 bits per heavy atom. The Hall–Kier alpha value is -2.11. The fraction of sp³-hybridized carbons (Fsp3) is 0.222. The molecule has 0 aliphatic rings. The van der Waals surface area contributed by atoms with Gasteiger partial charge in [0.05, 0.1) is 5.39 Å². The molecule has 0 fully saturated rings. The van der Waals surface area contributed by atoms with Crippen LogP contribution in [-0.2, 0) is 6.54 Å². The van der Waals surface area contributed by atoms with E-state index in [4.69, 9.17) is 11.6 Å². The number of rotatable bonds is 3. The molecule has 0 saturated carbocycles. The Morgan fingerprint density at radius 3 is 2.58 bits per heavy atom. The molecule has 0 radical (unpaired) electrons. The van der Waals surface area contributed by atoms with E-state index in [1.807, 2.05) is 32.9 Å². The number of fused-ring (bicyclic) bond motifs is 1. The summed E-state index contributed by atoms with van der Waals surface area (Å²) in [4.78, 5) is 29.4. The molecule has 2 heterocycles. The first kappa shape index (κ1) is 18.2. The first-order chi connectivity index (χ1) is 11.5. The minimum absolute atomic E-state index is 0.124. The van der Waals surface area contributed by atoms with Crippen LogP contribution < -0.4 is 10.7 Å². The standard InChI is InChI=1S/C16H13ClN2O2S.C2H6/c1-9-6-12-14(20)13(8-19-16(12)22-9)15(21)18-7-10-2-4-11(17)5-3-10;1-2/h2-6,8H,7H2,1H3,(H,18,21)(H,19,20);1-2H3. The van der Waals surface area contributed by atoms with E-state index in [1.54, 1.807) is 18.2 Å². The van der Waals surface area contributed by atoms with E-state index >= 15 is 0 Å². The van der Waals surface area contributed by atoms with Crippen LogP contribution in [0.25, 0.3) is 10.2 Å². The molecule has 0 aliphatic carbocycles. The maximum atomic E-state index is 12.3. The van der Waals surface area contributed by atoms with Gasteiger partial charge in [0.2, 0.25) is 5.43 Å². The van der Waals surface area contributed by atoms with Gasteiger partial charge in [-0.05, 0) is 30.7 Å². The lowest BCUT2D eigenvalue weighted by Crippen LogP contribution is -2.28. The van der Waals surface area contributed by atoms with E-state index in [9.17, 15) is 9.59 Å². The lowest BCUT2D eigenvalue weighted by atomic mass is 10.2. The van der Waals surface area contributed by atoms with Gasteiger partial charge in [0.15, 0.2) is 0 Å². The van der Waals surface area contributed by atoms with Gasteiger partial charge in [-0.25, -0.2) is 0 Å². The van der Waals surface area contributed by atoms with E-state index in [-0.39, 0.29) is 16.9 Å². The van der Waals surface area contributed by atoms with Crippen molar-refractivity contribution < 1.29 is 4.79 Å². The van der Waals surface area contributed by atoms with Crippen LogP contribution >= 0.6 is 22.9 Å². The maximum absolute atomic E-state index is 12.3. The molecule has 2 N–H and O–H groups in total. The molecule has 4 nitrogen and oxygen atoms in total. The summed E-state index contributed by atoms with van der Waals surface area (Å²) in [5.41, 5.74) is 0.799. The van der Waals surface area contributed by atoms with E-state index in [1.165, 1.54) is 17.5 Å². The van der Waals surface area contributed by atoms with Crippen molar-refractivity contribution in [1.29, 1.82) is 0 Å². The molecule has 1 aromatic carbocycles. The molecule has 126 valence electrons. The van der Waals surface area contributed by atoms with Crippen LogP contribution in [0.15, 0.2) is 41.3 Å². The van der Waals surface area contributed by atoms with Crippen LogP contribution in [0, 0.1) is 6.92 Å². The SMILES string of the molecule is CC.Cc1cc2c(=O)c(C(=O)NCc3ccc(Cl)cc3)c[nH]c2s1. The highest BCUT2D eigenvalue weighted by molar-refractivity contribution is 7.18. The van der Waals surface area contributed by atoms with Gasteiger partial charge in [-0.15, -0.1) is 11.3 Å². The van der Waals surface area contributed by atoms with E-state index in [2.05, 4.69) is 10.3 Å². The second kappa shape index (κ2) is 8.13. The van der Waals surface area contributed by atoms with Crippen LogP contribution in [0.5, 0.6) is 0 Å². The van der Waals surface area contributed by atoms with Crippen LogP contribution in [0.4, 0.5) is 0 Å². The molecule has 0 bridgehead atoms. The van der Waals surface area contributed by atoms with Gasteiger partial charge in [-0.1, -0.05) is 37.6 Å². The van der Waals surface area contributed by atoms with Crippen LogP contribution in [0.3, 0.4) is 0 Å². The first-order valence-electron chi connectivity index (χ1n) is 7.69. The molecular formula is C18H19ClN2O2S. The van der Waals surface area contributed by atoms with E-state index in [0.29, 0.717) is 17.0 Å². The molecule has 0 spiro atoms. The number of carbonyl (C=O) groups excluding carboxylic acids is 1. The number of thiophene rings is 1. The Balaban J connectivity index is 0.00000100. The normalized spacial score (nSPS) is 10.2. The average Bonchev–Trinajstić information content (AvgIpc) is 2.98. The van der Waals surface area contributed by atoms with Crippen molar-refractivity contribution in [3.63, 3.8) is 0 Å². The number of carbonyl (C=O) groups is 1. The summed E-state index contributed by atoms with van der Waals surface area (Å²) in [6.07, 6.45) is 1.47. The lowest BCUT2D eigenvalue weighted by molar-refractivity contribution is 0.0949. The van der Waals surface area contributed by atoms with Crippen LogP contribution in [0.2, 0.25) is 5.02 Å². The van der Waals surface area contributed by atoms with Crippen molar-refractivity contribution in [3.05, 3.63) is 67.8 Å². The fourth-order valence-electron chi connectivity index (χ4n) is 2.19. The van der Waals surface area contributed by atoms with Crippen molar-refractivity contribution in [1.82, 2.24) is 10.3 Å². The summed E-state index contributed by atoms with van der Waals surface area (Å²) in [7, 11) is 0. The highest BCUT2D eigenvalue weighted by Crippen LogP contribution is 2.20. The molecule has 6 heteroatoms. The van der Waals surface area contributed by atoms with Gasteiger partial charge in [0.1, 0.15) is 10.4 Å². The third-order valence-electron chi connectivity index (χ3n) is 3.30. The van der Waals surface area contributed by atoms with Crippen LogP contribution in [0.1, 0.15) is 34.6 Å². The number of benzene rings is 1. The van der Waals surface area contributed by atoms with E-state index < -0.39 is 0 Å². The zero-order chi connectivity index (χ0) is 17.7. The Bertz CT molecular complexity index is 898. The number of amides is 1. The predicted octanol–water partition coefficient (Wildman–Crippen LogP) is 4.51. The number of nitrogens with one attached hydrogen (secondary N) is 2. The molecule has 2 aromatic heterocycles. The third kappa shape index (κ3) is 4.04. The topological polar surface area (TPSA) is 62.0 Å². The summed E-state index contributed by atoms with van der Waals surface area (Å²) in [5.74, 6) is -0.387. The highest BCUT2D eigenvalue weighted by Gasteiger charge is 2.14. The van der Waals surface area contributed by atoms with Crippen molar-refractivity contribution in [2.45, 2.75) is 27.3 Å². The zero-order valence-corrected chi connectivity index (χ0v) is 15.3. The lowest BCUT2D eigenvalue weighted by Gasteiger charge is -2.05. The Morgan fingerprint density at radius 2 is 1.92 bits per heavy atom. The smallest absolute Gasteiger partial charge is 0.257 e. The summed E-state index contributed by atoms with van der Waals surface area (Å²) >= 11 is 7.32. The van der Waals surface area contributed by atoms with Crippen molar-refractivity contribution in [2.24, 2.45) is 0 Å². The quantitative estimate of drug-likeness (QED) is 0.720. The van der Waals surface area contributed by atoms with Gasteiger partial charge < -0.3 is 10.3 Å². The fourth-order valence-corrected chi connectivity index (χ4v) is 3.19. The number of hydrogen-bond donors (Lipinski definition) is 2. The average molecular weight is 363 g/mol. The minimum Gasteiger partial charge on any atom is -0.352 e. The third-order valence-corrected chi connectivity index (χ3v) is 4.54. The molecule has 24 heavy (non-hydrogen) atoms. The number of halogens is 1. The monoisotopic (exact) mass is 362 g/mol. The summed E-state index contributed by atoms with van der Waals surface area (Å²) in [6.45, 7) is 6.27. The molecule has 0 atom stereocenters. The summed E-state index contributed by atoms with van der Waals surface area (Å²) in [6, 6.07) is 8.98. The molecule has 0 unspecified atom stereocenters. The van der Waals surface area contributed by atoms with Gasteiger partial charge in [0, 0.05) is 22.6 Å². The maximum Gasteiger partial charge on any atom is 0.257 e. The molecule has 3 aromatic rings. The van der Waals surface area contributed by atoms with Crippen molar-refractivity contribution in [2.75, 3.05) is 0 Å². The van der Waals surface area contributed by atoms with Gasteiger partial charge >= 0.3 is 0 Å². The largest absolute Gasteiger partial charge is 0.352 e. The predicted molar refractivity (Wildman–Crippen MR) is 101 cm³/mol. The Labute approximate surface area is 149 Å². The summed E-state index contributed by atoms with van der Waals surface area (Å²) in [5, 5.41) is 3.95. The minimum atomic E-state index is -0.387. The van der Waals surface area contributed by atoms with Crippen molar-refractivity contribution >= 4 is 39.1 Å².